The van der Waals surface area contributed by atoms with Gasteiger partial charge >= 0.3 is 6.18 Å². The van der Waals surface area contributed by atoms with Crippen LogP contribution in [0.5, 0.6) is 0 Å². The summed E-state index contributed by atoms with van der Waals surface area (Å²) in [6, 6.07) is 12.9. The number of nitrogens with one attached hydrogen (secondary N) is 1. The van der Waals surface area contributed by atoms with E-state index >= 15 is 0 Å². The zero-order valence-electron chi connectivity index (χ0n) is 16.8. The number of carbonyl (C=O) groups excluding carboxylic acids is 1. The van der Waals surface area contributed by atoms with Crippen LogP contribution in [0.3, 0.4) is 0 Å². The molecular formula is C21H20F3N5OS. The summed E-state index contributed by atoms with van der Waals surface area (Å²) in [5.41, 5.74) is 3.36. The van der Waals surface area contributed by atoms with Crippen molar-refractivity contribution in [3.8, 4) is 11.4 Å². The molecule has 3 aromatic rings. The van der Waals surface area contributed by atoms with Gasteiger partial charge in [0.1, 0.15) is 0 Å². The maximum absolute atomic E-state index is 13.0. The number of halogens is 3. The molecule has 0 saturated carbocycles. The number of carbonyl (C=O) groups is 1. The molecule has 0 aliphatic rings. The van der Waals surface area contributed by atoms with Gasteiger partial charge in [0.05, 0.1) is 17.5 Å². The smallest absolute Gasteiger partial charge is 0.302 e. The second-order valence-electron chi connectivity index (χ2n) is 6.58. The molecule has 2 aromatic carbocycles. The summed E-state index contributed by atoms with van der Waals surface area (Å²) in [5, 5.41) is 12.6. The number of nitrogens with zero attached hydrogens (tertiary/aromatic N) is 4. The van der Waals surface area contributed by atoms with Crippen molar-refractivity contribution in [2.24, 2.45) is 5.10 Å². The SMILES string of the molecule is CCn1c(SCC(=O)N/N=C\c2ccccc2C(F)(F)F)nnc1-c1ccc(C)cc1. The van der Waals surface area contributed by atoms with Gasteiger partial charge in [0.25, 0.3) is 5.91 Å². The Morgan fingerprint density at radius 1 is 1.16 bits per heavy atom. The molecule has 0 radical (unpaired) electrons. The normalized spacial score (nSPS) is 11.8. The molecule has 1 amide bonds. The topological polar surface area (TPSA) is 72.2 Å². The van der Waals surface area contributed by atoms with Crippen LogP contribution in [-0.2, 0) is 17.5 Å². The summed E-state index contributed by atoms with van der Waals surface area (Å²) in [6.45, 7) is 4.57. The van der Waals surface area contributed by atoms with Gasteiger partial charge in [0, 0.05) is 17.7 Å². The fraction of sp³-hybridized carbons (Fsp3) is 0.238. The number of aryl methyl sites for hydroxylation is 1. The van der Waals surface area contributed by atoms with Crippen molar-refractivity contribution in [1.82, 2.24) is 20.2 Å². The minimum Gasteiger partial charge on any atom is -0.302 e. The standard InChI is InChI=1S/C21H20F3N5OS/c1-3-29-19(15-10-8-14(2)9-11-15)27-28-20(29)31-13-18(30)26-25-12-16-6-4-5-7-17(16)21(22,23)24/h4-12H,3,13H2,1-2H3,(H,26,30)/b25-12-. The predicted molar refractivity (Wildman–Crippen MR) is 114 cm³/mol. The zero-order valence-corrected chi connectivity index (χ0v) is 17.7. The first-order chi connectivity index (χ1) is 14.8. The number of hydrazone groups is 1. The van der Waals surface area contributed by atoms with E-state index in [2.05, 4.69) is 20.7 Å². The van der Waals surface area contributed by atoms with Crippen molar-refractivity contribution in [2.45, 2.75) is 31.7 Å². The number of aromatic nitrogens is 3. The Labute approximate surface area is 181 Å². The van der Waals surface area contributed by atoms with Crippen molar-refractivity contribution in [3.63, 3.8) is 0 Å². The lowest BCUT2D eigenvalue weighted by atomic mass is 10.1. The summed E-state index contributed by atoms with van der Waals surface area (Å²) >= 11 is 1.18. The average molecular weight is 447 g/mol. The highest BCUT2D eigenvalue weighted by Gasteiger charge is 2.32. The number of thioether (sulfide) groups is 1. The van der Waals surface area contributed by atoms with E-state index in [1.165, 1.54) is 30.0 Å². The van der Waals surface area contributed by atoms with Crippen LogP contribution in [0.2, 0.25) is 0 Å². The highest BCUT2D eigenvalue weighted by Crippen LogP contribution is 2.31. The molecular weight excluding hydrogens is 427 g/mol. The van der Waals surface area contributed by atoms with Crippen LogP contribution in [0, 0.1) is 6.92 Å². The van der Waals surface area contributed by atoms with E-state index < -0.39 is 17.6 Å². The van der Waals surface area contributed by atoms with Crippen molar-refractivity contribution in [3.05, 3.63) is 65.2 Å². The van der Waals surface area contributed by atoms with Crippen LogP contribution in [0.4, 0.5) is 13.2 Å². The Kier molecular flexibility index (Phi) is 7.11. The van der Waals surface area contributed by atoms with Gasteiger partial charge in [0.2, 0.25) is 0 Å². The number of alkyl halides is 3. The molecule has 0 unspecified atom stereocenters. The molecule has 6 nitrogen and oxygen atoms in total. The van der Waals surface area contributed by atoms with E-state index in [1.54, 1.807) is 0 Å². The highest BCUT2D eigenvalue weighted by atomic mass is 32.2. The molecule has 3 rings (SSSR count). The summed E-state index contributed by atoms with van der Waals surface area (Å²) in [6.07, 6.45) is -3.52. The van der Waals surface area contributed by atoms with E-state index in [0.29, 0.717) is 17.5 Å². The third-order valence-corrected chi connectivity index (χ3v) is 5.30. The van der Waals surface area contributed by atoms with Gasteiger partial charge in [-0.2, -0.15) is 18.3 Å². The molecule has 162 valence electrons. The lowest BCUT2D eigenvalue weighted by Crippen LogP contribution is -2.20. The van der Waals surface area contributed by atoms with Gasteiger partial charge in [-0.05, 0) is 19.9 Å². The Hall–Kier alpha value is -3.14. The van der Waals surface area contributed by atoms with Crippen LogP contribution in [-0.4, -0.2) is 32.6 Å². The molecule has 1 aromatic heterocycles. The van der Waals surface area contributed by atoms with Crippen molar-refractivity contribution in [2.75, 3.05) is 5.75 Å². The minimum atomic E-state index is -4.50. The van der Waals surface area contributed by atoms with Crippen LogP contribution in [0.1, 0.15) is 23.6 Å². The maximum Gasteiger partial charge on any atom is 0.417 e. The summed E-state index contributed by atoms with van der Waals surface area (Å²) < 4.78 is 40.9. The second kappa shape index (κ2) is 9.78. The maximum atomic E-state index is 13.0. The van der Waals surface area contributed by atoms with E-state index in [1.807, 2.05) is 42.7 Å². The van der Waals surface area contributed by atoms with Gasteiger partial charge in [-0.15, -0.1) is 10.2 Å². The summed E-state index contributed by atoms with van der Waals surface area (Å²) in [7, 11) is 0. The molecule has 1 heterocycles. The molecule has 0 fully saturated rings. The van der Waals surface area contributed by atoms with Gasteiger partial charge in [-0.1, -0.05) is 59.8 Å². The first kappa shape index (κ1) is 22.5. The van der Waals surface area contributed by atoms with E-state index in [9.17, 15) is 18.0 Å². The third kappa shape index (κ3) is 5.72. The van der Waals surface area contributed by atoms with Gasteiger partial charge in [-0.25, -0.2) is 5.43 Å². The van der Waals surface area contributed by atoms with Crippen molar-refractivity contribution in [1.29, 1.82) is 0 Å². The lowest BCUT2D eigenvalue weighted by molar-refractivity contribution is -0.137. The Morgan fingerprint density at radius 2 is 1.87 bits per heavy atom. The average Bonchev–Trinajstić information content (AvgIpc) is 3.15. The Balaban J connectivity index is 1.62. The fourth-order valence-electron chi connectivity index (χ4n) is 2.80. The lowest BCUT2D eigenvalue weighted by Gasteiger charge is -2.09. The first-order valence-electron chi connectivity index (χ1n) is 9.40. The van der Waals surface area contributed by atoms with E-state index in [0.717, 1.165) is 23.4 Å². The molecule has 0 bridgehead atoms. The largest absolute Gasteiger partial charge is 0.417 e. The molecule has 0 spiro atoms. The number of hydrogen-bond acceptors (Lipinski definition) is 5. The second-order valence-corrected chi connectivity index (χ2v) is 7.53. The molecule has 1 N–H and O–H groups in total. The summed E-state index contributed by atoms with van der Waals surface area (Å²) in [4.78, 5) is 12.1. The van der Waals surface area contributed by atoms with Gasteiger partial charge < -0.3 is 4.57 Å². The number of benzene rings is 2. The number of rotatable bonds is 7. The van der Waals surface area contributed by atoms with Crippen molar-refractivity contribution < 1.29 is 18.0 Å². The van der Waals surface area contributed by atoms with Crippen LogP contribution >= 0.6 is 11.8 Å². The molecule has 0 atom stereocenters. The third-order valence-electron chi connectivity index (χ3n) is 4.33. The number of amides is 1. The van der Waals surface area contributed by atoms with E-state index in [4.69, 9.17) is 0 Å². The molecule has 31 heavy (non-hydrogen) atoms. The minimum absolute atomic E-state index is 0.00963. The first-order valence-corrected chi connectivity index (χ1v) is 10.4. The highest BCUT2D eigenvalue weighted by molar-refractivity contribution is 7.99. The zero-order chi connectivity index (χ0) is 22.4. The molecule has 10 heteroatoms. The van der Waals surface area contributed by atoms with Crippen molar-refractivity contribution >= 4 is 23.9 Å². The van der Waals surface area contributed by atoms with Crippen LogP contribution < -0.4 is 5.43 Å². The quantitative estimate of drug-likeness (QED) is 0.328. The Bertz CT molecular complexity index is 1080. The molecule has 0 aliphatic heterocycles. The van der Waals surface area contributed by atoms with Crippen LogP contribution in [0.25, 0.3) is 11.4 Å². The monoisotopic (exact) mass is 447 g/mol. The van der Waals surface area contributed by atoms with Gasteiger partial charge in [0.15, 0.2) is 11.0 Å². The summed E-state index contributed by atoms with van der Waals surface area (Å²) in [5.74, 6) is 0.227. The fourth-order valence-corrected chi connectivity index (χ4v) is 3.60. The molecule has 0 aliphatic carbocycles. The number of hydrogen-bond donors (Lipinski definition) is 1. The van der Waals surface area contributed by atoms with Crippen LogP contribution in [0.15, 0.2) is 58.8 Å². The predicted octanol–water partition coefficient (Wildman–Crippen LogP) is 4.53. The van der Waals surface area contributed by atoms with E-state index in [-0.39, 0.29) is 11.3 Å². The molecule has 0 saturated heterocycles. The van der Waals surface area contributed by atoms with Gasteiger partial charge in [-0.3, -0.25) is 4.79 Å². The Morgan fingerprint density at radius 3 is 2.55 bits per heavy atom.